The zero-order chi connectivity index (χ0) is 18.4. The summed E-state index contributed by atoms with van der Waals surface area (Å²) in [5.74, 6) is -0.636. The number of hydrogen-bond donors (Lipinski definition) is 3. The van der Waals surface area contributed by atoms with E-state index in [0.717, 1.165) is 36.9 Å². The molecule has 1 aliphatic rings. The molecule has 0 aliphatic heterocycles. The van der Waals surface area contributed by atoms with E-state index >= 15 is 0 Å². The van der Waals surface area contributed by atoms with E-state index in [2.05, 4.69) is 20.8 Å². The van der Waals surface area contributed by atoms with Crippen molar-refractivity contribution < 1.29 is 9.59 Å². The number of carbonyl (C=O) groups is 2. The summed E-state index contributed by atoms with van der Waals surface area (Å²) >= 11 is 0. The number of nitrogens with zero attached hydrogens (tertiary/aromatic N) is 2. The molecule has 2 aromatic rings. The molecule has 0 spiro atoms. The number of aromatic amines is 1. The molecule has 1 saturated carbocycles. The zero-order valence-electron chi connectivity index (χ0n) is 14.4. The number of rotatable bonds is 5. The Kier molecular flexibility index (Phi) is 5.64. The highest BCUT2D eigenvalue weighted by atomic mass is 16.2. The van der Waals surface area contributed by atoms with Gasteiger partial charge in [0.05, 0.1) is 17.7 Å². The van der Waals surface area contributed by atoms with Gasteiger partial charge in [0.15, 0.2) is 0 Å². The Morgan fingerprint density at radius 2 is 1.96 bits per heavy atom. The average molecular weight is 351 g/mol. The van der Waals surface area contributed by atoms with Crippen LogP contribution in [0.25, 0.3) is 11.3 Å². The van der Waals surface area contributed by atoms with E-state index in [1.54, 1.807) is 18.3 Å². The molecule has 7 nitrogen and oxygen atoms in total. The standard InChI is InChI=1S/C19H21N5O2/c20-10-12-21-19(26)15-3-1-2-4-17(15)23-18(25)14-7-5-13(6-8-14)16-9-11-22-24-16/h5-9,11,15,17H,1-4,12H2,(H,21,26)(H,22,24)(H,23,25)/t15-,17+/m1/s1. The highest BCUT2D eigenvalue weighted by Crippen LogP contribution is 2.25. The second kappa shape index (κ2) is 8.30. The average Bonchev–Trinajstić information content (AvgIpc) is 3.21. The number of H-pyrrole nitrogens is 1. The van der Waals surface area contributed by atoms with Crippen LogP contribution in [0.4, 0.5) is 0 Å². The molecule has 1 aromatic carbocycles. The minimum Gasteiger partial charge on any atom is -0.349 e. The third-order valence-corrected chi connectivity index (χ3v) is 4.72. The molecule has 0 unspecified atom stereocenters. The monoisotopic (exact) mass is 351 g/mol. The van der Waals surface area contributed by atoms with Gasteiger partial charge in [-0.1, -0.05) is 25.0 Å². The molecule has 1 aliphatic carbocycles. The normalized spacial score (nSPS) is 19.3. The van der Waals surface area contributed by atoms with E-state index in [9.17, 15) is 9.59 Å². The topological polar surface area (TPSA) is 111 Å². The summed E-state index contributed by atoms with van der Waals surface area (Å²) in [7, 11) is 0. The first-order chi connectivity index (χ1) is 12.7. The van der Waals surface area contributed by atoms with E-state index in [-0.39, 0.29) is 30.3 Å². The lowest BCUT2D eigenvalue weighted by Crippen LogP contribution is -2.48. The second-order valence-corrected chi connectivity index (χ2v) is 6.39. The van der Waals surface area contributed by atoms with Crippen LogP contribution in [0, 0.1) is 17.2 Å². The van der Waals surface area contributed by atoms with Crippen LogP contribution in [0.15, 0.2) is 36.5 Å². The lowest BCUT2D eigenvalue weighted by atomic mass is 9.83. The predicted molar refractivity (Wildman–Crippen MR) is 95.9 cm³/mol. The van der Waals surface area contributed by atoms with Gasteiger partial charge in [-0.2, -0.15) is 10.4 Å². The maximum atomic E-state index is 12.6. The number of amides is 2. The van der Waals surface area contributed by atoms with E-state index in [4.69, 9.17) is 5.26 Å². The molecule has 3 rings (SSSR count). The Balaban J connectivity index is 1.65. The molecular weight excluding hydrogens is 330 g/mol. The molecule has 3 N–H and O–H groups in total. The molecule has 0 saturated heterocycles. The summed E-state index contributed by atoms with van der Waals surface area (Å²) in [6.07, 6.45) is 5.10. The smallest absolute Gasteiger partial charge is 0.251 e. The Morgan fingerprint density at radius 3 is 2.65 bits per heavy atom. The van der Waals surface area contributed by atoms with Gasteiger partial charge < -0.3 is 10.6 Å². The summed E-state index contributed by atoms with van der Waals surface area (Å²) in [4.78, 5) is 24.8. The third-order valence-electron chi connectivity index (χ3n) is 4.72. The van der Waals surface area contributed by atoms with E-state index < -0.39 is 0 Å². The predicted octanol–water partition coefficient (Wildman–Crippen LogP) is 2.01. The first-order valence-electron chi connectivity index (χ1n) is 8.74. The number of benzene rings is 1. The second-order valence-electron chi connectivity index (χ2n) is 6.39. The maximum Gasteiger partial charge on any atom is 0.251 e. The van der Waals surface area contributed by atoms with Crippen LogP contribution in [0.2, 0.25) is 0 Å². The molecule has 26 heavy (non-hydrogen) atoms. The summed E-state index contributed by atoms with van der Waals surface area (Å²) in [6.45, 7) is -0.00887. The van der Waals surface area contributed by atoms with Gasteiger partial charge in [0.2, 0.25) is 5.91 Å². The van der Waals surface area contributed by atoms with Crippen molar-refractivity contribution in [2.45, 2.75) is 31.7 Å². The van der Waals surface area contributed by atoms with Gasteiger partial charge in [0, 0.05) is 17.8 Å². The van der Waals surface area contributed by atoms with Crippen LogP contribution >= 0.6 is 0 Å². The van der Waals surface area contributed by atoms with Crippen molar-refractivity contribution in [2.75, 3.05) is 6.54 Å². The minimum absolute atomic E-state index is 0.00887. The van der Waals surface area contributed by atoms with E-state index in [1.165, 1.54) is 0 Å². The molecule has 1 fully saturated rings. The first-order valence-corrected chi connectivity index (χ1v) is 8.74. The van der Waals surface area contributed by atoms with Crippen molar-refractivity contribution >= 4 is 11.8 Å². The molecule has 7 heteroatoms. The van der Waals surface area contributed by atoms with Gasteiger partial charge in [0.25, 0.3) is 5.91 Å². The van der Waals surface area contributed by atoms with Crippen molar-refractivity contribution in [3.63, 3.8) is 0 Å². The van der Waals surface area contributed by atoms with Crippen LogP contribution < -0.4 is 10.6 Å². The fourth-order valence-electron chi connectivity index (χ4n) is 3.34. The fourth-order valence-corrected chi connectivity index (χ4v) is 3.34. The summed E-state index contributed by atoms with van der Waals surface area (Å²) in [5, 5.41) is 21.0. The lowest BCUT2D eigenvalue weighted by Gasteiger charge is -2.31. The van der Waals surface area contributed by atoms with Gasteiger partial charge >= 0.3 is 0 Å². The van der Waals surface area contributed by atoms with Crippen molar-refractivity contribution in [1.29, 1.82) is 5.26 Å². The summed E-state index contributed by atoms with van der Waals surface area (Å²) < 4.78 is 0. The quantitative estimate of drug-likeness (QED) is 0.716. The van der Waals surface area contributed by atoms with Crippen molar-refractivity contribution in [3.8, 4) is 17.3 Å². The van der Waals surface area contributed by atoms with Crippen molar-refractivity contribution in [1.82, 2.24) is 20.8 Å². The number of nitriles is 1. The van der Waals surface area contributed by atoms with Crippen molar-refractivity contribution in [2.24, 2.45) is 5.92 Å². The maximum absolute atomic E-state index is 12.6. The molecule has 0 bridgehead atoms. The first kappa shape index (κ1) is 17.7. The largest absolute Gasteiger partial charge is 0.349 e. The van der Waals surface area contributed by atoms with Crippen LogP contribution in [-0.4, -0.2) is 34.6 Å². The molecule has 0 radical (unpaired) electrons. The van der Waals surface area contributed by atoms with Gasteiger partial charge in [0.1, 0.15) is 6.54 Å². The number of hydrogen-bond acceptors (Lipinski definition) is 4. The summed E-state index contributed by atoms with van der Waals surface area (Å²) in [5.41, 5.74) is 2.39. The Hall–Kier alpha value is -3.14. The summed E-state index contributed by atoms with van der Waals surface area (Å²) in [6, 6.07) is 10.8. The van der Waals surface area contributed by atoms with Crippen LogP contribution in [0.1, 0.15) is 36.0 Å². The molecule has 134 valence electrons. The van der Waals surface area contributed by atoms with Crippen LogP contribution in [0.3, 0.4) is 0 Å². The van der Waals surface area contributed by atoms with Gasteiger partial charge in [-0.25, -0.2) is 0 Å². The minimum atomic E-state index is -0.287. The highest BCUT2D eigenvalue weighted by Gasteiger charge is 2.32. The third kappa shape index (κ3) is 4.09. The Bertz CT molecular complexity index is 792. The molecular formula is C19H21N5O2. The number of carbonyl (C=O) groups excluding carboxylic acids is 2. The fraction of sp³-hybridized carbons (Fsp3) is 0.368. The van der Waals surface area contributed by atoms with E-state index in [0.29, 0.717) is 5.56 Å². The number of nitrogens with one attached hydrogen (secondary N) is 3. The highest BCUT2D eigenvalue weighted by molar-refractivity contribution is 5.95. The van der Waals surface area contributed by atoms with Crippen LogP contribution in [-0.2, 0) is 4.79 Å². The van der Waals surface area contributed by atoms with Gasteiger partial charge in [-0.15, -0.1) is 0 Å². The van der Waals surface area contributed by atoms with E-state index in [1.807, 2.05) is 24.3 Å². The van der Waals surface area contributed by atoms with Gasteiger partial charge in [-0.05, 0) is 36.6 Å². The molecule has 2 amide bonds. The Morgan fingerprint density at radius 1 is 1.19 bits per heavy atom. The number of aromatic nitrogens is 2. The Labute approximate surface area is 151 Å². The van der Waals surface area contributed by atoms with Crippen molar-refractivity contribution in [3.05, 3.63) is 42.1 Å². The molecule has 1 aromatic heterocycles. The SMILES string of the molecule is N#CCNC(=O)[C@@H]1CCCC[C@@H]1NC(=O)c1ccc(-c2ccn[nH]2)cc1. The lowest BCUT2D eigenvalue weighted by molar-refractivity contribution is -0.126. The zero-order valence-corrected chi connectivity index (χ0v) is 14.4. The van der Waals surface area contributed by atoms with Gasteiger partial charge in [-0.3, -0.25) is 14.7 Å². The van der Waals surface area contributed by atoms with Crippen LogP contribution in [0.5, 0.6) is 0 Å². The molecule has 1 heterocycles. The molecule has 2 atom stereocenters.